The molecule has 1 aromatic carbocycles. The van der Waals surface area contributed by atoms with E-state index in [0.717, 1.165) is 16.5 Å². The fourth-order valence-electron chi connectivity index (χ4n) is 1.26. The number of rotatable bonds is 5. The monoisotopic (exact) mass is 271 g/mol. The molecule has 15 heavy (non-hydrogen) atoms. The van der Waals surface area contributed by atoms with Gasteiger partial charge in [-0.2, -0.15) is 0 Å². The molecule has 0 aromatic heterocycles. The van der Waals surface area contributed by atoms with Crippen LogP contribution < -0.4 is 5.32 Å². The van der Waals surface area contributed by atoms with Gasteiger partial charge in [-0.3, -0.25) is 0 Å². The summed E-state index contributed by atoms with van der Waals surface area (Å²) in [5.41, 5.74) is 0.953. The van der Waals surface area contributed by atoms with Gasteiger partial charge in [0, 0.05) is 17.1 Å². The first kappa shape index (κ1) is 12.7. The minimum absolute atomic E-state index is 0.424. The zero-order valence-electron chi connectivity index (χ0n) is 9.20. The van der Waals surface area contributed by atoms with Crippen molar-refractivity contribution in [3.8, 4) is 0 Å². The third-order valence-electron chi connectivity index (χ3n) is 2.53. The molecule has 0 fully saturated rings. The highest BCUT2D eigenvalue weighted by Crippen LogP contribution is 2.16. The molecule has 0 aliphatic rings. The van der Waals surface area contributed by atoms with Gasteiger partial charge in [0.1, 0.15) is 0 Å². The molecule has 2 atom stereocenters. The smallest absolute Gasteiger partial charge is 0.0914 e. The van der Waals surface area contributed by atoms with Gasteiger partial charge in [-0.15, -0.1) is 0 Å². The maximum Gasteiger partial charge on any atom is 0.0914 e. The largest absolute Gasteiger partial charge is 0.387 e. The third kappa shape index (κ3) is 4.33. The van der Waals surface area contributed by atoms with Gasteiger partial charge < -0.3 is 10.4 Å². The summed E-state index contributed by atoms with van der Waals surface area (Å²) in [6.07, 6.45) is 0.652. The van der Waals surface area contributed by atoms with Crippen molar-refractivity contribution in [3.63, 3.8) is 0 Å². The van der Waals surface area contributed by atoms with E-state index in [0.29, 0.717) is 12.6 Å². The lowest BCUT2D eigenvalue weighted by atomic mass is 10.1. The number of aliphatic hydroxyl groups excluding tert-OH is 1. The summed E-state index contributed by atoms with van der Waals surface area (Å²) in [5.74, 6) is 0. The fourth-order valence-corrected chi connectivity index (χ4v) is 1.52. The molecule has 0 aliphatic carbocycles. The van der Waals surface area contributed by atoms with Crippen molar-refractivity contribution in [3.05, 3.63) is 34.3 Å². The molecule has 2 N–H and O–H groups in total. The Morgan fingerprint density at radius 2 is 1.93 bits per heavy atom. The van der Waals surface area contributed by atoms with E-state index in [4.69, 9.17) is 0 Å². The summed E-state index contributed by atoms with van der Waals surface area (Å²) in [4.78, 5) is 0. The first-order valence-electron chi connectivity index (χ1n) is 5.30. The normalized spacial score (nSPS) is 14.9. The lowest BCUT2D eigenvalue weighted by Crippen LogP contribution is -2.29. The lowest BCUT2D eigenvalue weighted by molar-refractivity contribution is 0.170. The van der Waals surface area contributed by atoms with Crippen molar-refractivity contribution in [2.24, 2.45) is 0 Å². The number of benzene rings is 1. The van der Waals surface area contributed by atoms with Crippen LogP contribution >= 0.6 is 15.9 Å². The van der Waals surface area contributed by atoms with Crippen molar-refractivity contribution < 1.29 is 5.11 Å². The van der Waals surface area contributed by atoms with Gasteiger partial charge in [-0.1, -0.05) is 35.0 Å². The average Bonchev–Trinajstić information content (AvgIpc) is 2.26. The molecule has 3 heteroatoms. The molecule has 0 aliphatic heterocycles. The molecule has 0 spiro atoms. The van der Waals surface area contributed by atoms with Crippen LogP contribution in [0.25, 0.3) is 0 Å². The van der Waals surface area contributed by atoms with Gasteiger partial charge in [-0.05, 0) is 31.0 Å². The number of nitrogens with one attached hydrogen (secondary N) is 1. The van der Waals surface area contributed by atoms with Crippen molar-refractivity contribution in [1.82, 2.24) is 5.32 Å². The molecule has 1 aromatic rings. The standard InChI is InChI=1S/C12H18BrNO/c1-3-9(2)14-8-12(15)10-4-6-11(13)7-5-10/h4-7,9,12,14-15H,3,8H2,1-2H3. The van der Waals surface area contributed by atoms with E-state index in [1.165, 1.54) is 0 Å². The molecular weight excluding hydrogens is 254 g/mol. The molecule has 1 rings (SSSR count). The predicted octanol–water partition coefficient (Wildman–Crippen LogP) is 2.87. The molecule has 0 saturated carbocycles. The molecule has 0 amide bonds. The molecule has 0 heterocycles. The maximum atomic E-state index is 9.88. The SMILES string of the molecule is CCC(C)NCC(O)c1ccc(Br)cc1. The second kappa shape index (κ2) is 6.26. The van der Waals surface area contributed by atoms with Crippen molar-refractivity contribution in [1.29, 1.82) is 0 Å². The van der Waals surface area contributed by atoms with Gasteiger partial charge in [-0.25, -0.2) is 0 Å². The summed E-state index contributed by atoms with van der Waals surface area (Å²) in [7, 11) is 0. The van der Waals surface area contributed by atoms with Crippen LogP contribution in [0.2, 0.25) is 0 Å². The Balaban J connectivity index is 2.46. The summed E-state index contributed by atoms with van der Waals surface area (Å²) < 4.78 is 1.04. The quantitative estimate of drug-likeness (QED) is 0.863. The molecular formula is C12H18BrNO. The second-order valence-corrected chi connectivity index (χ2v) is 4.70. The Labute approximate surface area is 99.8 Å². The van der Waals surface area contributed by atoms with Crippen molar-refractivity contribution >= 4 is 15.9 Å². The highest BCUT2D eigenvalue weighted by atomic mass is 79.9. The molecule has 0 radical (unpaired) electrons. The van der Waals surface area contributed by atoms with Gasteiger partial charge >= 0.3 is 0 Å². The molecule has 84 valence electrons. The Morgan fingerprint density at radius 1 is 1.33 bits per heavy atom. The van der Waals surface area contributed by atoms with E-state index in [2.05, 4.69) is 35.1 Å². The topological polar surface area (TPSA) is 32.3 Å². The summed E-state index contributed by atoms with van der Waals surface area (Å²) in [5, 5.41) is 13.2. The Kier molecular flexibility index (Phi) is 5.29. The Bertz CT molecular complexity index is 286. The van der Waals surface area contributed by atoms with E-state index in [-0.39, 0.29) is 0 Å². The molecule has 0 bridgehead atoms. The van der Waals surface area contributed by atoms with Crippen LogP contribution in [0.15, 0.2) is 28.7 Å². The van der Waals surface area contributed by atoms with E-state index >= 15 is 0 Å². The molecule has 2 nitrogen and oxygen atoms in total. The third-order valence-corrected chi connectivity index (χ3v) is 3.06. The summed E-state index contributed by atoms with van der Waals surface area (Å²) in [6, 6.07) is 8.22. The highest BCUT2D eigenvalue weighted by Gasteiger charge is 2.07. The molecule has 2 unspecified atom stereocenters. The van der Waals surface area contributed by atoms with Crippen LogP contribution in [0.4, 0.5) is 0 Å². The van der Waals surface area contributed by atoms with Crippen LogP contribution in [0.3, 0.4) is 0 Å². The number of hydrogen-bond acceptors (Lipinski definition) is 2. The van der Waals surface area contributed by atoms with Crippen LogP contribution in [0.1, 0.15) is 31.9 Å². The van der Waals surface area contributed by atoms with Gasteiger partial charge in [0.25, 0.3) is 0 Å². The summed E-state index contributed by atoms with van der Waals surface area (Å²) >= 11 is 3.37. The van der Waals surface area contributed by atoms with E-state index in [9.17, 15) is 5.11 Å². The van der Waals surface area contributed by atoms with E-state index < -0.39 is 6.10 Å². The maximum absolute atomic E-state index is 9.88. The van der Waals surface area contributed by atoms with Crippen molar-refractivity contribution in [2.45, 2.75) is 32.4 Å². The zero-order valence-corrected chi connectivity index (χ0v) is 10.8. The van der Waals surface area contributed by atoms with Crippen LogP contribution in [-0.2, 0) is 0 Å². The second-order valence-electron chi connectivity index (χ2n) is 3.78. The number of halogens is 1. The minimum Gasteiger partial charge on any atom is -0.387 e. The number of aliphatic hydroxyl groups is 1. The van der Waals surface area contributed by atoms with Crippen LogP contribution in [-0.4, -0.2) is 17.7 Å². The fraction of sp³-hybridized carbons (Fsp3) is 0.500. The van der Waals surface area contributed by atoms with Crippen LogP contribution in [0.5, 0.6) is 0 Å². The van der Waals surface area contributed by atoms with Gasteiger partial charge in [0.15, 0.2) is 0 Å². The van der Waals surface area contributed by atoms with Gasteiger partial charge in [0.05, 0.1) is 6.10 Å². The molecule has 0 saturated heterocycles. The average molecular weight is 272 g/mol. The Morgan fingerprint density at radius 3 is 2.47 bits per heavy atom. The van der Waals surface area contributed by atoms with E-state index in [1.807, 2.05) is 24.3 Å². The summed E-state index contributed by atoms with van der Waals surface area (Å²) in [6.45, 7) is 4.86. The predicted molar refractivity (Wildman–Crippen MR) is 66.9 cm³/mol. The van der Waals surface area contributed by atoms with E-state index in [1.54, 1.807) is 0 Å². The lowest BCUT2D eigenvalue weighted by Gasteiger charge is -2.16. The number of hydrogen-bond donors (Lipinski definition) is 2. The zero-order chi connectivity index (χ0) is 11.3. The first-order chi connectivity index (χ1) is 7.13. The van der Waals surface area contributed by atoms with Gasteiger partial charge in [0.2, 0.25) is 0 Å². The van der Waals surface area contributed by atoms with Crippen LogP contribution in [0, 0.1) is 0 Å². The first-order valence-corrected chi connectivity index (χ1v) is 6.09. The van der Waals surface area contributed by atoms with Crippen molar-refractivity contribution in [2.75, 3.05) is 6.54 Å². The minimum atomic E-state index is -0.424. The Hall–Kier alpha value is -0.380. The highest BCUT2D eigenvalue weighted by molar-refractivity contribution is 9.10.